The van der Waals surface area contributed by atoms with Gasteiger partial charge in [0.1, 0.15) is 4.90 Å². The fraction of sp³-hybridized carbons (Fsp3) is 0.538. The molecular weight excluding hydrogens is 341 g/mol. The molecule has 2 aliphatic rings. The minimum atomic E-state index is -3.62. The van der Waals surface area contributed by atoms with Crippen molar-refractivity contribution in [2.24, 2.45) is 0 Å². The maximum absolute atomic E-state index is 12.9. The first-order valence-corrected chi connectivity index (χ1v) is 9.15. The van der Waals surface area contributed by atoms with Crippen molar-refractivity contribution >= 4 is 44.8 Å². The van der Waals surface area contributed by atoms with Crippen LogP contribution >= 0.6 is 34.8 Å². The van der Waals surface area contributed by atoms with E-state index in [1.807, 2.05) is 0 Å². The number of hydrogen-bond donors (Lipinski definition) is 0. The summed E-state index contributed by atoms with van der Waals surface area (Å²) in [4.78, 5) is 0.0941. The van der Waals surface area contributed by atoms with E-state index in [9.17, 15) is 8.42 Å². The van der Waals surface area contributed by atoms with E-state index in [0.29, 0.717) is 17.9 Å². The highest BCUT2D eigenvalue weighted by Gasteiger charge is 2.47. The van der Waals surface area contributed by atoms with Gasteiger partial charge in [-0.2, -0.15) is 4.31 Å². The van der Waals surface area contributed by atoms with E-state index < -0.39 is 10.0 Å². The Kier molecular flexibility index (Phi) is 3.97. The van der Waals surface area contributed by atoms with Crippen LogP contribution in [0.15, 0.2) is 23.1 Å². The van der Waals surface area contributed by atoms with Crippen LogP contribution in [0.25, 0.3) is 0 Å². The molecule has 0 saturated carbocycles. The molecule has 1 aromatic rings. The SMILES string of the molecule is O=S(=O)(c1cc(Cl)ccc1Cl)N1C2CCC1CC(Cl)C2. The van der Waals surface area contributed by atoms with Crippen molar-refractivity contribution in [1.29, 1.82) is 0 Å². The van der Waals surface area contributed by atoms with Crippen molar-refractivity contribution in [2.75, 3.05) is 0 Å². The van der Waals surface area contributed by atoms with E-state index in [4.69, 9.17) is 34.8 Å². The summed E-state index contributed by atoms with van der Waals surface area (Å²) >= 11 is 18.2. The number of piperidine rings is 1. The van der Waals surface area contributed by atoms with Crippen LogP contribution in [0.3, 0.4) is 0 Å². The number of alkyl halides is 1. The fourth-order valence-electron chi connectivity index (χ4n) is 3.25. The standard InChI is InChI=1S/C13H14Cl3NO2S/c14-8-1-4-12(16)13(7-8)20(18,19)17-10-2-3-11(17)6-9(15)5-10/h1,4,7,9-11H,2-3,5-6H2. The molecule has 0 aromatic heterocycles. The first-order chi connectivity index (χ1) is 9.39. The van der Waals surface area contributed by atoms with Gasteiger partial charge >= 0.3 is 0 Å². The molecule has 7 heteroatoms. The second-order valence-electron chi connectivity index (χ2n) is 5.36. The zero-order chi connectivity index (χ0) is 14.5. The highest BCUT2D eigenvalue weighted by atomic mass is 35.5. The lowest BCUT2D eigenvalue weighted by Crippen LogP contribution is -2.46. The largest absolute Gasteiger partial charge is 0.245 e. The summed E-state index contributed by atoms with van der Waals surface area (Å²) in [7, 11) is -3.62. The molecule has 0 aliphatic carbocycles. The maximum Gasteiger partial charge on any atom is 0.245 e. The summed E-state index contributed by atoms with van der Waals surface area (Å²) in [5, 5.41) is 0.642. The Morgan fingerprint density at radius 3 is 2.30 bits per heavy atom. The van der Waals surface area contributed by atoms with Crippen molar-refractivity contribution in [3.8, 4) is 0 Å². The van der Waals surface area contributed by atoms with E-state index in [0.717, 1.165) is 12.8 Å². The van der Waals surface area contributed by atoms with E-state index in [2.05, 4.69) is 0 Å². The van der Waals surface area contributed by atoms with E-state index in [1.54, 1.807) is 10.4 Å². The second kappa shape index (κ2) is 5.33. The van der Waals surface area contributed by atoms with Gasteiger partial charge in [-0.15, -0.1) is 11.6 Å². The number of rotatable bonds is 2. The first kappa shape index (κ1) is 14.9. The molecule has 2 heterocycles. The zero-order valence-electron chi connectivity index (χ0n) is 10.6. The highest BCUT2D eigenvalue weighted by Crippen LogP contribution is 2.42. The highest BCUT2D eigenvalue weighted by molar-refractivity contribution is 7.89. The predicted octanol–water partition coefficient (Wildman–Crippen LogP) is 3.92. The third kappa shape index (κ3) is 2.46. The van der Waals surface area contributed by atoms with Gasteiger partial charge in [0.25, 0.3) is 0 Å². The molecule has 20 heavy (non-hydrogen) atoms. The van der Waals surface area contributed by atoms with Crippen molar-refractivity contribution in [3.63, 3.8) is 0 Å². The molecule has 0 N–H and O–H groups in total. The molecule has 0 amide bonds. The van der Waals surface area contributed by atoms with Gasteiger partial charge in [0, 0.05) is 22.5 Å². The number of sulfonamides is 1. The molecule has 0 radical (unpaired) electrons. The lowest BCUT2D eigenvalue weighted by molar-refractivity contribution is 0.251. The van der Waals surface area contributed by atoms with Crippen LogP contribution in [0.5, 0.6) is 0 Å². The van der Waals surface area contributed by atoms with E-state index in [1.165, 1.54) is 12.1 Å². The number of nitrogens with zero attached hydrogens (tertiary/aromatic N) is 1. The molecule has 3 rings (SSSR count). The molecule has 110 valence electrons. The Morgan fingerprint density at radius 2 is 1.70 bits per heavy atom. The zero-order valence-corrected chi connectivity index (χ0v) is 13.7. The topological polar surface area (TPSA) is 37.4 Å². The molecule has 3 nitrogen and oxygen atoms in total. The van der Waals surface area contributed by atoms with Crippen LogP contribution in [0.2, 0.25) is 10.0 Å². The van der Waals surface area contributed by atoms with Gasteiger partial charge in [-0.05, 0) is 43.9 Å². The molecular formula is C13H14Cl3NO2S. The molecule has 2 saturated heterocycles. The van der Waals surface area contributed by atoms with Crippen molar-refractivity contribution in [2.45, 2.75) is 48.0 Å². The number of halogens is 3. The minimum absolute atomic E-state index is 0.0173. The smallest absolute Gasteiger partial charge is 0.207 e. The van der Waals surface area contributed by atoms with Crippen LogP contribution in [-0.4, -0.2) is 30.2 Å². The lowest BCUT2D eigenvalue weighted by atomic mass is 10.1. The molecule has 2 unspecified atom stereocenters. The van der Waals surface area contributed by atoms with Gasteiger partial charge in [0.05, 0.1) is 5.02 Å². The third-order valence-corrected chi connectivity index (χ3v) is 7.14. The average molecular weight is 355 g/mol. The van der Waals surface area contributed by atoms with Gasteiger partial charge in [-0.3, -0.25) is 0 Å². The van der Waals surface area contributed by atoms with E-state index >= 15 is 0 Å². The monoisotopic (exact) mass is 353 g/mol. The minimum Gasteiger partial charge on any atom is -0.207 e. The molecule has 1 aromatic carbocycles. The maximum atomic E-state index is 12.9. The Balaban J connectivity index is 2.03. The Bertz CT molecular complexity index is 621. The van der Waals surface area contributed by atoms with Gasteiger partial charge in [-0.25, -0.2) is 8.42 Å². The molecule has 0 spiro atoms. The number of hydrogen-bond acceptors (Lipinski definition) is 2. The first-order valence-electron chi connectivity index (χ1n) is 6.52. The summed E-state index contributed by atoms with van der Waals surface area (Å²) in [6.07, 6.45) is 3.14. The van der Waals surface area contributed by atoms with Crippen LogP contribution in [-0.2, 0) is 10.0 Å². The normalized spacial score (nSPS) is 30.6. The van der Waals surface area contributed by atoms with Crippen molar-refractivity contribution in [3.05, 3.63) is 28.2 Å². The van der Waals surface area contributed by atoms with Gasteiger partial charge in [0.2, 0.25) is 10.0 Å². The summed E-state index contributed by atoms with van der Waals surface area (Å²) in [6.45, 7) is 0. The Labute approximate surface area is 133 Å². The van der Waals surface area contributed by atoms with Crippen molar-refractivity contribution in [1.82, 2.24) is 4.31 Å². The quantitative estimate of drug-likeness (QED) is 0.755. The molecule has 2 aliphatic heterocycles. The number of fused-ring (bicyclic) bond motifs is 2. The lowest BCUT2D eigenvalue weighted by Gasteiger charge is -2.36. The van der Waals surface area contributed by atoms with Gasteiger partial charge < -0.3 is 0 Å². The Morgan fingerprint density at radius 1 is 1.10 bits per heavy atom. The third-order valence-electron chi connectivity index (χ3n) is 4.06. The summed E-state index contributed by atoms with van der Waals surface area (Å²) in [6, 6.07) is 4.49. The van der Waals surface area contributed by atoms with Gasteiger partial charge in [0.15, 0.2) is 0 Å². The summed E-state index contributed by atoms with van der Waals surface area (Å²) in [5.74, 6) is 0. The van der Waals surface area contributed by atoms with E-state index in [-0.39, 0.29) is 27.4 Å². The average Bonchev–Trinajstić information content (AvgIpc) is 2.66. The predicted molar refractivity (Wildman–Crippen MR) is 81.2 cm³/mol. The van der Waals surface area contributed by atoms with Crippen LogP contribution in [0, 0.1) is 0 Å². The van der Waals surface area contributed by atoms with Crippen LogP contribution in [0.4, 0.5) is 0 Å². The second-order valence-corrected chi connectivity index (χ2v) is 8.64. The summed E-state index contributed by atoms with van der Waals surface area (Å²) in [5.41, 5.74) is 0. The molecule has 2 bridgehead atoms. The fourth-order valence-corrected chi connectivity index (χ4v) is 6.29. The Hall–Kier alpha value is -0.0000000000000000555. The molecule has 2 atom stereocenters. The molecule has 2 fully saturated rings. The van der Waals surface area contributed by atoms with Crippen LogP contribution < -0.4 is 0 Å². The number of benzene rings is 1. The summed E-state index contributed by atoms with van der Waals surface area (Å²) < 4.78 is 27.3. The van der Waals surface area contributed by atoms with Gasteiger partial charge in [-0.1, -0.05) is 23.2 Å². The van der Waals surface area contributed by atoms with Crippen molar-refractivity contribution < 1.29 is 8.42 Å². The van der Waals surface area contributed by atoms with Crippen LogP contribution in [0.1, 0.15) is 25.7 Å².